The Morgan fingerprint density at radius 3 is 2.77 bits per heavy atom. The average molecular weight is 432 g/mol. The van der Waals surface area contributed by atoms with Crippen molar-refractivity contribution in [2.24, 2.45) is 17.3 Å². The molecule has 0 saturated heterocycles. The molecule has 0 radical (unpaired) electrons. The molecule has 4 rings (SSSR count). The van der Waals surface area contributed by atoms with Gasteiger partial charge in [-0.05, 0) is 61.5 Å². The normalized spacial score (nSPS) is 30.6. The van der Waals surface area contributed by atoms with E-state index in [0.717, 1.165) is 36.8 Å². The van der Waals surface area contributed by atoms with Crippen LogP contribution in [0.5, 0.6) is 11.5 Å². The molecule has 1 amide bonds. The molecule has 6 nitrogen and oxygen atoms in total. The maximum Gasteiger partial charge on any atom is 0.335 e. The van der Waals surface area contributed by atoms with E-state index in [-0.39, 0.29) is 28.6 Å². The summed E-state index contributed by atoms with van der Waals surface area (Å²) in [4.78, 5) is 36.1. The van der Waals surface area contributed by atoms with Crippen molar-refractivity contribution >= 4 is 30.3 Å². The molecule has 162 valence electrons. The molecule has 0 spiro atoms. The fraction of sp³-hybridized carbons (Fsp3) is 0.609. The Morgan fingerprint density at radius 2 is 2.07 bits per heavy atom. The van der Waals surface area contributed by atoms with Crippen molar-refractivity contribution in [1.29, 1.82) is 0 Å². The lowest BCUT2D eigenvalue weighted by atomic mass is 9.55. The number of phenols is 1. The van der Waals surface area contributed by atoms with E-state index in [9.17, 15) is 19.5 Å². The third-order valence-electron chi connectivity index (χ3n) is 7.61. The van der Waals surface area contributed by atoms with Crippen LogP contribution in [-0.4, -0.2) is 34.6 Å². The molecule has 5 atom stereocenters. The summed E-state index contributed by atoms with van der Waals surface area (Å²) in [6.45, 7) is 3.47. The van der Waals surface area contributed by atoms with Crippen LogP contribution in [0.25, 0.3) is 0 Å². The molecule has 0 unspecified atom stereocenters. The van der Waals surface area contributed by atoms with E-state index in [1.165, 1.54) is 6.92 Å². The van der Waals surface area contributed by atoms with E-state index in [4.69, 9.17) is 4.74 Å². The molecule has 3 aliphatic rings. The first-order chi connectivity index (χ1) is 14.3. The smallest absolute Gasteiger partial charge is 0.335 e. The van der Waals surface area contributed by atoms with Crippen LogP contribution in [0, 0.1) is 17.3 Å². The second-order valence-corrected chi connectivity index (χ2v) is 9.54. The quantitative estimate of drug-likeness (QED) is 0.387. The standard InChI is InChI=1S/C23H29NO5S/c1-12(25)24-18(11-30)22(28)29-19-7-5-13-14-9-10-23(2)17(6-8-20(23)26)15(14)3-4-16(13)21(19)27/h5,7,14-15,17-18,27,30H,3-4,6,8-11H2,1-2H3,(H,24,25)/t14-,15-,17+,18+,23+/m1/s1. The van der Waals surface area contributed by atoms with Crippen LogP contribution < -0.4 is 10.1 Å². The first-order valence-electron chi connectivity index (χ1n) is 10.7. The number of ketones is 1. The SMILES string of the molecule is CC(=O)N[C@@H](CS)C(=O)Oc1ccc2c(c1O)CC[C@@H]1[C@@H]2CC[C@]2(C)C(=O)CC[C@@H]12. The minimum Gasteiger partial charge on any atom is -0.504 e. The molecule has 3 aliphatic carbocycles. The number of hydrogen-bond acceptors (Lipinski definition) is 6. The Balaban J connectivity index is 1.57. The van der Waals surface area contributed by atoms with Gasteiger partial charge in [0.25, 0.3) is 0 Å². The van der Waals surface area contributed by atoms with Gasteiger partial charge in [0.1, 0.15) is 11.8 Å². The Morgan fingerprint density at radius 1 is 1.30 bits per heavy atom. The minimum atomic E-state index is -0.874. The Kier molecular flexibility index (Phi) is 5.60. The zero-order chi connectivity index (χ0) is 21.6. The van der Waals surface area contributed by atoms with Gasteiger partial charge in [-0.1, -0.05) is 13.0 Å². The lowest BCUT2D eigenvalue weighted by Crippen LogP contribution is -2.43. The third-order valence-corrected chi connectivity index (χ3v) is 7.98. The fourth-order valence-electron chi connectivity index (χ4n) is 6.09. The summed E-state index contributed by atoms with van der Waals surface area (Å²) in [6.07, 6.45) is 5.14. The highest BCUT2D eigenvalue weighted by Crippen LogP contribution is 2.60. The molecule has 1 aromatic rings. The summed E-state index contributed by atoms with van der Waals surface area (Å²) < 4.78 is 5.40. The van der Waals surface area contributed by atoms with Crippen LogP contribution in [0.15, 0.2) is 12.1 Å². The molecular formula is C23H29NO5S. The van der Waals surface area contributed by atoms with Crippen molar-refractivity contribution in [3.8, 4) is 11.5 Å². The van der Waals surface area contributed by atoms with E-state index >= 15 is 0 Å². The third kappa shape index (κ3) is 3.41. The number of phenolic OH excluding ortho intramolecular Hbond substituents is 1. The molecule has 1 aromatic carbocycles. The number of benzene rings is 1. The first-order valence-corrected chi connectivity index (χ1v) is 11.4. The van der Waals surface area contributed by atoms with Crippen LogP contribution in [0.2, 0.25) is 0 Å². The molecule has 0 heterocycles. The van der Waals surface area contributed by atoms with Gasteiger partial charge in [0, 0.05) is 30.1 Å². The highest BCUT2D eigenvalue weighted by atomic mass is 32.1. The Bertz CT molecular complexity index is 900. The number of nitrogens with one attached hydrogen (secondary N) is 1. The Labute approximate surface area is 182 Å². The highest BCUT2D eigenvalue weighted by molar-refractivity contribution is 7.80. The molecule has 7 heteroatoms. The highest BCUT2D eigenvalue weighted by Gasteiger charge is 2.54. The number of hydrogen-bond donors (Lipinski definition) is 3. The number of rotatable bonds is 4. The molecule has 30 heavy (non-hydrogen) atoms. The van der Waals surface area contributed by atoms with E-state index in [2.05, 4.69) is 24.9 Å². The topological polar surface area (TPSA) is 92.7 Å². The van der Waals surface area contributed by atoms with Crippen LogP contribution >= 0.6 is 12.6 Å². The van der Waals surface area contributed by atoms with E-state index in [1.54, 1.807) is 6.07 Å². The molecule has 0 aliphatic heterocycles. The molecule has 0 bridgehead atoms. The predicted molar refractivity (Wildman–Crippen MR) is 115 cm³/mol. The maximum atomic E-state index is 12.5. The van der Waals surface area contributed by atoms with Crippen molar-refractivity contribution in [1.82, 2.24) is 5.32 Å². The van der Waals surface area contributed by atoms with Crippen molar-refractivity contribution in [2.45, 2.75) is 64.3 Å². The predicted octanol–water partition coefficient (Wildman–Crippen LogP) is 3.16. The summed E-state index contributed by atoms with van der Waals surface area (Å²) in [5.41, 5.74) is 1.79. The minimum absolute atomic E-state index is 0.0101. The fourth-order valence-corrected chi connectivity index (χ4v) is 6.33. The van der Waals surface area contributed by atoms with Gasteiger partial charge in [0.05, 0.1) is 0 Å². The van der Waals surface area contributed by atoms with Gasteiger partial charge in [-0.25, -0.2) is 4.79 Å². The zero-order valence-corrected chi connectivity index (χ0v) is 18.3. The lowest BCUT2D eigenvalue weighted by Gasteiger charge is -2.48. The van der Waals surface area contributed by atoms with Crippen LogP contribution in [0.3, 0.4) is 0 Å². The van der Waals surface area contributed by atoms with Gasteiger partial charge in [0.2, 0.25) is 5.91 Å². The molecular weight excluding hydrogens is 402 g/mol. The number of ether oxygens (including phenoxy) is 1. The van der Waals surface area contributed by atoms with Crippen LogP contribution in [0.4, 0.5) is 0 Å². The van der Waals surface area contributed by atoms with Gasteiger partial charge in [-0.2, -0.15) is 12.6 Å². The summed E-state index contributed by atoms with van der Waals surface area (Å²) in [7, 11) is 0. The van der Waals surface area contributed by atoms with Gasteiger partial charge in [-0.15, -0.1) is 0 Å². The number of Topliss-reactive ketones (excluding diaryl/α,β-unsaturated/α-hetero) is 1. The number of amides is 1. The summed E-state index contributed by atoms with van der Waals surface area (Å²) in [6, 6.07) is 2.73. The van der Waals surface area contributed by atoms with E-state index in [0.29, 0.717) is 36.4 Å². The second kappa shape index (κ2) is 7.91. The van der Waals surface area contributed by atoms with Crippen molar-refractivity contribution < 1.29 is 24.2 Å². The van der Waals surface area contributed by atoms with Crippen LogP contribution in [-0.2, 0) is 20.8 Å². The van der Waals surface area contributed by atoms with Crippen molar-refractivity contribution in [3.05, 3.63) is 23.3 Å². The number of carbonyl (C=O) groups is 3. The number of carbonyl (C=O) groups excluding carboxylic acids is 3. The number of aromatic hydroxyl groups is 1. The molecule has 2 saturated carbocycles. The van der Waals surface area contributed by atoms with Gasteiger partial charge >= 0.3 is 5.97 Å². The summed E-state index contributed by atoms with van der Waals surface area (Å²) >= 11 is 4.09. The second-order valence-electron chi connectivity index (χ2n) is 9.17. The average Bonchev–Trinajstić information content (AvgIpc) is 3.02. The van der Waals surface area contributed by atoms with E-state index < -0.39 is 12.0 Å². The van der Waals surface area contributed by atoms with Gasteiger partial charge in [-0.3, -0.25) is 9.59 Å². The summed E-state index contributed by atoms with van der Waals surface area (Å²) in [5.74, 6) is 0.865. The van der Waals surface area contributed by atoms with Crippen molar-refractivity contribution in [2.75, 3.05) is 5.75 Å². The lowest BCUT2D eigenvalue weighted by molar-refractivity contribution is -0.138. The monoisotopic (exact) mass is 431 g/mol. The largest absolute Gasteiger partial charge is 0.504 e. The van der Waals surface area contributed by atoms with Gasteiger partial charge < -0.3 is 15.2 Å². The van der Waals surface area contributed by atoms with Crippen LogP contribution in [0.1, 0.15) is 63.0 Å². The molecule has 2 N–H and O–H groups in total. The van der Waals surface area contributed by atoms with E-state index in [1.807, 2.05) is 6.07 Å². The summed E-state index contributed by atoms with van der Waals surface area (Å²) in [5, 5.41) is 13.4. The Hall–Kier alpha value is -2.02. The number of esters is 1. The van der Waals surface area contributed by atoms with Gasteiger partial charge in [0.15, 0.2) is 11.5 Å². The molecule has 2 fully saturated rings. The maximum absolute atomic E-state index is 12.5. The molecule has 0 aromatic heterocycles. The van der Waals surface area contributed by atoms with Crippen molar-refractivity contribution in [3.63, 3.8) is 0 Å². The zero-order valence-electron chi connectivity index (χ0n) is 17.4. The number of fused-ring (bicyclic) bond motifs is 5. The first kappa shape index (κ1) is 21.2. The number of thiol groups is 1.